The standard InChI is InChI=1S/C12H10BrNO4S2/c1-6(11(16)18-2)14-10(15)9(20-12(14)17)4-8-3-7(13)5-19-8/h3-6H,1-2H3. The Labute approximate surface area is 132 Å². The smallest absolute Gasteiger partial charge is 0.328 e. The van der Waals surface area contributed by atoms with E-state index in [1.807, 2.05) is 11.4 Å². The lowest BCUT2D eigenvalue weighted by Gasteiger charge is -2.18. The lowest BCUT2D eigenvalue weighted by molar-refractivity contribution is -0.148. The zero-order valence-electron chi connectivity index (χ0n) is 10.6. The number of amides is 2. The minimum atomic E-state index is -0.923. The molecular weight excluding hydrogens is 366 g/mol. The van der Waals surface area contributed by atoms with Gasteiger partial charge in [-0.15, -0.1) is 11.3 Å². The Kier molecular flexibility index (Phi) is 4.66. The van der Waals surface area contributed by atoms with Crippen LogP contribution in [0.5, 0.6) is 0 Å². The van der Waals surface area contributed by atoms with Gasteiger partial charge in [0.05, 0.1) is 12.0 Å². The first-order valence-electron chi connectivity index (χ1n) is 5.53. The maximum absolute atomic E-state index is 12.2. The third-order valence-electron chi connectivity index (χ3n) is 2.61. The van der Waals surface area contributed by atoms with Gasteiger partial charge in [0.2, 0.25) is 0 Å². The van der Waals surface area contributed by atoms with E-state index in [1.54, 1.807) is 6.08 Å². The van der Waals surface area contributed by atoms with E-state index < -0.39 is 23.2 Å². The molecule has 106 valence electrons. The molecule has 1 aromatic rings. The molecule has 0 radical (unpaired) electrons. The van der Waals surface area contributed by atoms with Crippen LogP contribution in [-0.2, 0) is 14.3 Å². The van der Waals surface area contributed by atoms with Gasteiger partial charge >= 0.3 is 5.97 Å². The largest absolute Gasteiger partial charge is 0.467 e. The number of thiophene rings is 1. The molecular formula is C12H10BrNO4S2. The van der Waals surface area contributed by atoms with Gasteiger partial charge in [0.1, 0.15) is 6.04 Å². The van der Waals surface area contributed by atoms with Gasteiger partial charge in [-0.25, -0.2) is 4.79 Å². The molecule has 1 aliphatic rings. The topological polar surface area (TPSA) is 63.7 Å². The highest BCUT2D eigenvalue weighted by Gasteiger charge is 2.41. The van der Waals surface area contributed by atoms with E-state index in [-0.39, 0.29) is 0 Å². The molecule has 8 heteroatoms. The highest BCUT2D eigenvalue weighted by atomic mass is 79.9. The van der Waals surface area contributed by atoms with Crippen molar-refractivity contribution in [1.29, 1.82) is 0 Å². The van der Waals surface area contributed by atoms with E-state index in [1.165, 1.54) is 25.4 Å². The minimum Gasteiger partial charge on any atom is -0.467 e. The molecule has 5 nitrogen and oxygen atoms in total. The highest BCUT2D eigenvalue weighted by Crippen LogP contribution is 2.35. The van der Waals surface area contributed by atoms with Crippen molar-refractivity contribution in [1.82, 2.24) is 4.90 Å². The predicted molar refractivity (Wildman–Crippen MR) is 81.3 cm³/mol. The summed E-state index contributed by atoms with van der Waals surface area (Å²) in [6, 6.07) is 0.927. The van der Waals surface area contributed by atoms with Crippen molar-refractivity contribution < 1.29 is 19.1 Å². The van der Waals surface area contributed by atoms with Crippen LogP contribution in [0.1, 0.15) is 11.8 Å². The molecule has 1 saturated heterocycles. The van der Waals surface area contributed by atoms with Crippen LogP contribution in [0, 0.1) is 0 Å². The maximum atomic E-state index is 12.2. The molecule has 0 saturated carbocycles. The molecule has 0 aromatic carbocycles. The van der Waals surface area contributed by atoms with Gasteiger partial charge < -0.3 is 4.74 Å². The number of ether oxygens (including phenoxy) is 1. The third-order valence-corrected chi connectivity index (χ3v) is 5.14. The fraction of sp³-hybridized carbons (Fsp3) is 0.250. The lowest BCUT2D eigenvalue weighted by atomic mass is 10.3. The molecule has 2 rings (SSSR count). The number of imide groups is 1. The molecule has 1 unspecified atom stereocenters. The minimum absolute atomic E-state index is 0.306. The van der Waals surface area contributed by atoms with E-state index >= 15 is 0 Å². The summed E-state index contributed by atoms with van der Waals surface area (Å²) in [6.07, 6.45) is 1.64. The first kappa shape index (κ1) is 15.3. The summed E-state index contributed by atoms with van der Waals surface area (Å²) in [4.78, 5) is 37.6. The SMILES string of the molecule is COC(=O)C(C)N1C(=O)SC(=Cc2cc(Br)cs2)C1=O. The number of nitrogens with zero attached hydrogens (tertiary/aromatic N) is 1. The summed E-state index contributed by atoms with van der Waals surface area (Å²) in [5, 5.41) is 1.42. The Morgan fingerprint density at radius 1 is 1.50 bits per heavy atom. The summed E-state index contributed by atoms with van der Waals surface area (Å²) >= 11 is 5.60. The van der Waals surface area contributed by atoms with Crippen molar-refractivity contribution >= 4 is 62.2 Å². The Morgan fingerprint density at radius 2 is 2.20 bits per heavy atom. The normalized spacial score (nSPS) is 18.8. The van der Waals surface area contributed by atoms with Crippen LogP contribution in [0.15, 0.2) is 20.8 Å². The molecule has 0 aliphatic carbocycles. The van der Waals surface area contributed by atoms with E-state index in [0.29, 0.717) is 4.91 Å². The second-order valence-corrected chi connectivity index (χ2v) is 6.77. The summed E-state index contributed by atoms with van der Waals surface area (Å²) in [6.45, 7) is 1.47. The second-order valence-electron chi connectivity index (χ2n) is 3.92. The third kappa shape index (κ3) is 2.97. The number of esters is 1. The first-order chi connectivity index (χ1) is 9.43. The second kappa shape index (κ2) is 6.11. The molecule has 2 heterocycles. The fourth-order valence-electron chi connectivity index (χ4n) is 1.62. The summed E-state index contributed by atoms with van der Waals surface area (Å²) < 4.78 is 5.47. The van der Waals surface area contributed by atoms with Crippen LogP contribution in [0.4, 0.5) is 4.79 Å². The highest BCUT2D eigenvalue weighted by molar-refractivity contribution is 9.10. The summed E-state index contributed by atoms with van der Waals surface area (Å²) in [7, 11) is 1.22. The number of carbonyl (C=O) groups excluding carboxylic acids is 3. The molecule has 20 heavy (non-hydrogen) atoms. The van der Waals surface area contributed by atoms with Crippen LogP contribution in [0.2, 0.25) is 0 Å². The quantitative estimate of drug-likeness (QED) is 0.599. The molecule has 1 fully saturated rings. The number of rotatable bonds is 3. The molecule has 1 aliphatic heterocycles. The predicted octanol–water partition coefficient (Wildman–Crippen LogP) is 3.11. The van der Waals surface area contributed by atoms with Gasteiger partial charge in [0, 0.05) is 14.7 Å². The number of methoxy groups -OCH3 is 1. The van der Waals surface area contributed by atoms with Gasteiger partial charge in [-0.3, -0.25) is 14.5 Å². The van der Waals surface area contributed by atoms with Crippen LogP contribution < -0.4 is 0 Å². The molecule has 0 spiro atoms. The zero-order chi connectivity index (χ0) is 14.9. The number of hydrogen-bond acceptors (Lipinski definition) is 6. The number of thioether (sulfide) groups is 1. The molecule has 0 bridgehead atoms. The van der Waals surface area contributed by atoms with E-state index in [9.17, 15) is 14.4 Å². The Bertz CT molecular complexity index is 610. The Hall–Kier alpha value is -1.12. The summed E-state index contributed by atoms with van der Waals surface area (Å²) in [5.41, 5.74) is 0. The summed E-state index contributed by atoms with van der Waals surface area (Å²) in [5.74, 6) is -1.09. The van der Waals surface area contributed by atoms with Crippen molar-refractivity contribution in [2.75, 3.05) is 7.11 Å². The van der Waals surface area contributed by atoms with Crippen LogP contribution in [0.25, 0.3) is 6.08 Å². The maximum Gasteiger partial charge on any atom is 0.328 e. The van der Waals surface area contributed by atoms with Crippen LogP contribution in [0.3, 0.4) is 0 Å². The zero-order valence-corrected chi connectivity index (χ0v) is 13.8. The number of halogens is 1. The van der Waals surface area contributed by atoms with Gasteiger partial charge in [-0.2, -0.15) is 0 Å². The van der Waals surface area contributed by atoms with Crippen molar-refractivity contribution in [2.45, 2.75) is 13.0 Å². The molecule has 0 N–H and O–H groups in total. The van der Waals surface area contributed by atoms with Gasteiger partial charge in [0.25, 0.3) is 11.1 Å². The van der Waals surface area contributed by atoms with E-state index in [2.05, 4.69) is 20.7 Å². The molecule has 1 atom stereocenters. The van der Waals surface area contributed by atoms with Crippen LogP contribution >= 0.6 is 39.0 Å². The molecule has 1 aromatic heterocycles. The van der Waals surface area contributed by atoms with Crippen LogP contribution in [-0.4, -0.2) is 35.2 Å². The van der Waals surface area contributed by atoms with E-state index in [0.717, 1.165) is 26.0 Å². The Morgan fingerprint density at radius 3 is 2.75 bits per heavy atom. The average molecular weight is 376 g/mol. The van der Waals surface area contributed by atoms with Crippen molar-refractivity contribution in [3.8, 4) is 0 Å². The van der Waals surface area contributed by atoms with E-state index in [4.69, 9.17) is 0 Å². The monoisotopic (exact) mass is 375 g/mol. The van der Waals surface area contributed by atoms with Gasteiger partial charge in [-0.1, -0.05) is 0 Å². The molecule has 2 amide bonds. The first-order valence-corrected chi connectivity index (χ1v) is 8.02. The Balaban J connectivity index is 2.25. The van der Waals surface area contributed by atoms with Gasteiger partial charge in [0.15, 0.2) is 0 Å². The van der Waals surface area contributed by atoms with Crippen molar-refractivity contribution in [3.05, 3.63) is 25.7 Å². The van der Waals surface area contributed by atoms with Crippen molar-refractivity contribution in [2.24, 2.45) is 0 Å². The van der Waals surface area contributed by atoms with Gasteiger partial charge in [-0.05, 0) is 46.8 Å². The lowest BCUT2D eigenvalue weighted by Crippen LogP contribution is -2.42. The van der Waals surface area contributed by atoms with Crippen molar-refractivity contribution in [3.63, 3.8) is 0 Å². The fourth-order valence-corrected chi connectivity index (χ4v) is 3.97. The average Bonchev–Trinajstić information content (AvgIpc) is 2.93. The number of hydrogen-bond donors (Lipinski definition) is 0. The number of carbonyl (C=O) groups is 3.